The Balaban J connectivity index is -0.000000232. The average Bonchev–Trinajstić information content (AvgIpc) is 2.27. The molecule has 0 aliphatic heterocycles. The van der Waals surface area contributed by atoms with Gasteiger partial charge in [0.25, 0.3) is 0 Å². The fourth-order valence-corrected chi connectivity index (χ4v) is 0.784. The van der Waals surface area contributed by atoms with Gasteiger partial charge in [0.2, 0.25) is 5.91 Å². The van der Waals surface area contributed by atoms with Crippen molar-refractivity contribution in [3.63, 3.8) is 0 Å². The lowest BCUT2D eigenvalue weighted by molar-refractivity contribution is -0.125. The van der Waals surface area contributed by atoms with Crippen LogP contribution in [0.4, 0.5) is 0 Å². The van der Waals surface area contributed by atoms with E-state index in [1.165, 1.54) is 0 Å². The van der Waals surface area contributed by atoms with Crippen LogP contribution in [0.5, 0.6) is 0 Å². The molecule has 0 rings (SSSR count). The summed E-state index contributed by atoms with van der Waals surface area (Å²) in [5.41, 5.74) is 5.19. The van der Waals surface area contributed by atoms with E-state index in [1.54, 1.807) is 0 Å². The third kappa shape index (κ3) is 15.8. The third-order valence-electron chi connectivity index (χ3n) is 1.37. The zero-order valence-electron chi connectivity index (χ0n) is 10.9. The highest BCUT2D eigenvalue weighted by atomic mass is 16.5. The number of carbonyl (C=O) groups is 1. The molecule has 0 aliphatic rings. The lowest BCUT2D eigenvalue weighted by Crippen LogP contribution is -2.31. The summed E-state index contributed by atoms with van der Waals surface area (Å²) in [7, 11) is 0. The second-order valence-electron chi connectivity index (χ2n) is 3.11. The van der Waals surface area contributed by atoms with Crippen LogP contribution >= 0.6 is 0 Å². The molecule has 0 fully saturated rings. The lowest BCUT2D eigenvalue weighted by Gasteiger charge is -2.08. The second kappa shape index (κ2) is 14.3. The van der Waals surface area contributed by atoms with Gasteiger partial charge in [-0.15, -0.1) is 0 Å². The predicted octanol–water partition coefficient (Wildman–Crippen LogP) is 1.02. The van der Waals surface area contributed by atoms with Gasteiger partial charge in [0.1, 0.15) is 6.61 Å². The molecule has 3 N–H and O–H groups in total. The molecular formula is C11H30N2O3. The fourth-order valence-electron chi connectivity index (χ4n) is 0.784. The van der Waals surface area contributed by atoms with Crippen LogP contribution in [0.25, 0.3) is 0 Å². The quantitative estimate of drug-likeness (QED) is 0.619. The second-order valence-corrected chi connectivity index (χ2v) is 3.11. The van der Waals surface area contributed by atoms with E-state index in [9.17, 15) is 4.79 Å². The van der Waals surface area contributed by atoms with Crippen LogP contribution < -0.4 is 11.1 Å². The highest BCUT2D eigenvalue weighted by Gasteiger charge is 2.00. The van der Waals surface area contributed by atoms with Gasteiger partial charge < -0.3 is 20.5 Å². The Bertz CT molecular complexity index is 161. The van der Waals surface area contributed by atoms with Crippen molar-refractivity contribution in [1.29, 1.82) is 0 Å². The Morgan fingerprint density at radius 1 is 1.38 bits per heavy atom. The summed E-state index contributed by atoms with van der Waals surface area (Å²) in [5.74, 6) is -0.134. The van der Waals surface area contributed by atoms with Crippen molar-refractivity contribution in [3.8, 4) is 0 Å². The van der Waals surface area contributed by atoms with E-state index >= 15 is 0 Å². The minimum absolute atomic E-state index is 0. The van der Waals surface area contributed by atoms with Gasteiger partial charge in [-0.1, -0.05) is 13.8 Å². The molecular weight excluding hydrogens is 208 g/mol. The minimum Gasteiger partial charge on any atom is -0.377 e. The number of nitrogens with two attached hydrogens (primary N) is 1. The van der Waals surface area contributed by atoms with Gasteiger partial charge in [-0.25, -0.2) is 0 Å². The van der Waals surface area contributed by atoms with Crippen molar-refractivity contribution < 1.29 is 17.1 Å². The zero-order valence-corrected chi connectivity index (χ0v) is 10.9. The molecule has 0 radical (unpaired) electrons. The summed E-state index contributed by atoms with van der Waals surface area (Å²) >= 11 is 0. The van der Waals surface area contributed by atoms with Gasteiger partial charge in [0, 0.05) is 15.9 Å². The number of hydrogen-bond donors (Lipinski definition) is 2. The van der Waals surface area contributed by atoms with E-state index in [1.807, 2.05) is 27.7 Å². The molecule has 5 nitrogen and oxygen atoms in total. The summed E-state index contributed by atoms with van der Waals surface area (Å²) < 4.78 is 10.2. The summed E-state index contributed by atoms with van der Waals surface area (Å²) in [6, 6.07) is 0. The Hall–Kier alpha value is -0.650. The van der Waals surface area contributed by atoms with Gasteiger partial charge >= 0.3 is 0 Å². The Kier molecular flexibility index (Phi) is 15.9. The molecule has 0 bridgehead atoms. The third-order valence-corrected chi connectivity index (χ3v) is 1.37. The van der Waals surface area contributed by atoms with Crippen molar-refractivity contribution in [1.82, 2.24) is 5.32 Å². The number of hydrogen-bond acceptors (Lipinski definition) is 4. The summed E-state index contributed by atoms with van der Waals surface area (Å²) in [5, 5.41) is 2.67. The number of amides is 1. The van der Waals surface area contributed by atoms with Crippen LogP contribution in [-0.2, 0) is 14.3 Å². The molecule has 0 aromatic carbocycles. The fraction of sp³-hybridized carbons (Fsp3) is 0.909. The number of nitrogens with one attached hydrogen (secondary N) is 1. The Labute approximate surface area is 102 Å². The van der Waals surface area contributed by atoms with Crippen molar-refractivity contribution in [2.24, 2.45) is 5.73 Å². The number of ether oxygens (including phenoxy) is 2. The lowest BCUT2D eigenvalue weighted by atomic mass is 10.5. The first-order chi connectivity index (χ1) is 7.66. The summed E-state index contributed by atoms with van der Waals surface area (Å²) in [4.78, 5) is 11.0. The van der Waals surface area contributed by atoms with E-state index in [4.69, 9.17) is 15.2 Å². The zero-order chi connectivity index (χ0) is 12.8. The molecule has 0 aromatic rings. The minimum atomic E-state index is -0.134. The Morgan fingerprint density at radius 3 is 2.50 bits per heavy atom. The van der Waals surface area contributed by atoms with E-state index in [0.717, 1.165) is 0 Å². The van der Waals surface area contributed by atoms with E-state index in [0.29, 0.717) is 26.3 Å². The molecule has 0 unspecified atom stereocenters. The normalized spacial score (nSPS) is 9.62. The molecule has 102 valence electrons. The average molecular weight is 238 g/mol. The maximum absolute atomic E-state index is 11.0. The van der Waals surface area contributed by atoms with Gasteiger partial charge in [-0.3, -0.25) is 4.79 Å². The molecule has 0 heterocycles. The van der Waals surface area contributed by atoms with Crippen LogP contribution in [0.3, 0.4) is 0 Å². The molecule has 0 saturated heterocycles. The summed E-state index contributed by atoms with van der Waals surface area (Å²) in [6.07, 6.45) is 0.195. The van der Waals surface area contributed by atoms with E-state index in [2.05, 4.69) is 5.32 Å². The standard InChI is InChI=1S/C9H20N2O3.C2H6.2H2/c1-8(2)14-6-4-11-9(12)7-13-5-3-10;1-2;;/h8H,3-7,10H2,1-2H3,(H,11,12);1-2H3;2*1H. The van der Waals surface area contributed by atoms with E-state index < -0.39 is 0 Å². The number of carbonyl (C=O) groups excluding carboxylic acids is 1. The topological polar surface area (TPSA) is 73.6 Å². The largest absolute Gasteiger partial charge is 0.377 e. The van der Waals surface area contributed by atoms with Gasteiger partial charge in [0.05, 0.1) is 19.3 Å². The van der Waals surface area contributed by atoms with Crippen LogP contribution in [0.2, 0.25) is 0 Å². The van der Waals surface area contributed by atoms with Crippen molar-refractivity contribution in [3.05, 3.63) is 0 Å². The molecule has 0 atom stereocenters. The molecule has 1 amide bonds. The highest BCUT2D eigenvalue weighted by Crippen LogP contribution is 1.84. The van der Waals surface area contributed by atoms with Crippen LogP contribution in [0.15, 0.2) is 0 Å². The predicted molar refractivity (Wildman–Crippen MR) is 69.5 cm³/mol. The molecule has 0 aliphatic carbocycles. The van der Waals surface area contributed by atoms with Crippen LogP contribution in [0, 0.1) is 0 Å². The maximum Gasteiger partial charge on any atom is 0.246 e. The smallest absolute Gasteiger partial charge is 0.246 e. The monoisotopic (exact) mass is 238 g/mol. The first-order valence-corrected chi connectivity index (χ1v) is 5.83. The molecule has 0 spiro atoms. The van der Waals surface area contributed by atoms with Crippen LogP contribution in [0.1, 0.15) is 30.5 Å². The SMILES string of the molecule is CC.CC(C)OCCNC(=O)COCCN.[HH].[HH]. The summed E-state index contributed by atoms with van der Waals surface area (Å²) in [6.45, 7) is 9.86. The first kappa shape index (κ1) is 17.7. The van der Waals surface area contributed by atoms with Gasteiger partial charge in [0.15, 0.2) is 0 Å². The molecule has 0 aromatic heterocycles. The molecule has 16 heavy (non-hydrogen) atoms. The van der Waals surface area contributed by atoms with E-state index in [-0.39, 0.29) is 21.5 Å². The van der Waals surface area contributed by atoms with Gasteiger partial charge in [-0.2, -0.15) is 0 Å². The maximum atomic E-state index is 11.0. The molecule has 5 heteroatoms. The molecule has 0 saturated carbocycles. The Morgan fingerprint density at radius 2 is 2.00 bits per heavy atom. The van der Waals surface area contributed by atoms with Crippen molar-refractivity contribution >= 4 is 5.91 Å². The highest BCUT2D eigenvalue weighted by molar-refractivity contribution is 5.77. The van der Waals surface area contributed by atoms with Crippen LogP contribution in [-0.4, -0.2) is 44.9 Å². The van der Waals surface area contributed by atoms with Gasteiger partial charge in [-0.05, 0) is 13.8 Å². The van der Waals surface area contributed by atoms with Crippen molar-refractivity contribution in [2.75, 3.05) is 32.9 Å². The number of rotatable bonds is 8. The van der Waals surface area contributed by atoms with Crippen molar-refractivity contribution in [2.45, 2.75) is 33.8 Å². The first-order valence-electron chi connectivity index (χ1n) is 5.83.